The van der Waals surface area contributed by atoms with Crippen LogP contribution in [-0.2, 0) is 19.1 Å². The highest BCUT2D eigenvalue weighted by atomic mass is 79.9. The highest BCUT2D eigenvalue weighted by Gasteiger charge is 2.77. The monoisotopic (exact) mass is 583 g/mol. The van der Waals surface area contributed by atoms with E-state index in [2.05, 4.69) is 26.6 Å². The van der Waals surface area contributed by atoms with Crippen LogP contribution in [0.3, 0.4) is 0 Å². The molecule has 0 saturated carbocycles. The van der Waals surface area contributed by atoms with Crippen LogP contribution >= 0.6 is 15.9 Å². The summed E-state index contributed by atoms with van der Waals surface area (Å²) in [5.74, 6) is -2.76. The van der Waals surface area contributed by atoms with E-state index in [1.807, 2.05) is 64.1 Å². The summed E-state index contributed by atoms with van der Waals surface area (Å²) in [7, 11) is 0. The molecule has 2 aromatic carbocycles. The molecule has 2 aromatic rings. The van der Waals surface area contributed by atoms with E-state index >= 15 is 0 Å². The second-order valence-electron chi connectivity index (χ2n) is 11.0. The molecule has 8 nitrogen and oxygen atoms in total. The molecule has 1 spiro atoms. The zero-order valence-corrected chi connectivity index (χ0v) is 23.6. The van der Waals surface area contributed by atoms with Gasteiger partial charge in [0.05, 0.1) is 30.6 Å². The average Bonchev–Trinajstić information content (AvgIpc) is 3.46. The van der Waals surface area contributed by atoms with Crippen LogP contribution in [0.5, 0.6) is 0 Å². The minimum absolute atomic E-state index is 0.122. The number of para-hydroxylation sites is 2. The Morgan fingerprint density at radius 2 is 1.74 bits per heavy atom. The first-order valence-electron chi connectivity index (χ1n) is 13.1. The number of hydrogen-bond acceptors (Lipinski definition) is 5. The van der Waals surface area contributed by atoms with Gasteiger partial charge in [-0.3, -0.25) is 14.4 Å². The van der Waals surface area contributed by atoms with Crippen molar-refractivity contribution in [1.82, 2.24) is 4.90 Å². The maximum Gasteiger partial charge on any atom is 0.250 e. The van der Waals surface area contributed by atoms with E-state index in [4.69, 9.17) is 4.74 Å². The Morgan fingerprint density at radius 1 is 1.08 bits per heavy atom. The molecule has 3 saturated heterocycles. The van der Waals surface area contributed by atoms with E-state index in [-0.39, 0.29) is 35.1 Å². The van der Waals surface area contributed by atoms with E-state index in [0.717, 1.165) is 11.1 Å². The fourth-order valence-electron chi connectivity index (χ4n) is 6.59. The first-order valence-corrected chi connectivity index (χ1v) is 14.0. The summed E-state index contributed by atoms with van der Waals surface area (Å²) < 4.78 is 6.56. The number of amides is 3. The van der Waals surface area contributed by atoms with Crippen LogP contribution in [-0.4, -0.2) is 63.0 Å². The molecule has 3 heterocycles. The van der Waals surface area contributed by atoms with Gasteiger partial charge >= 0.3 is 0 Å². The van der Waals surface area contributed by atoms with Gasteiger partial charge in [0.1, 0.15) is 11.6 Å². The minimum Gasteiger partial charge on any atom is -0.394 e. The van der Waals surface area contributed by atoms with Gasteiger partial charge in [-0.2, -0.15) is 0 Å². The van der Waals surface area contributed by atoms with Crippen molar-refractivity contribution >= 4 is 45.0 Å². The smallest absolute Gasteiger partial charge is 0.250 e. The predicted molar refractivity (Wildman–Crippen MR) is 148 cm³/mol. The van der Waals surface area contributed by atoms with Gasteiger partial charge in [-0.25, -0.2) is 0 Å². The normalized spacial score (nSPS) is 30.4. The van der Waals surface area contributed by atoms with E-state index < -0.39 is 35.6 Å². The fourth-order valence-corrected chi connectivity index (χ4v) is 7.54. The summed E-state index contributed by atoms with van der Waals surface area (Å²) >= 11 is 3.69. The van der Waals surface area contributed by atoms with Crippen LogP contribution in [0.2, 0.25) is 0 Å². The number of anilines is 2. The Morgan fingerprint density at radius 3 is 2.34 bits per heavy atom. The van der Waals surface area contributed by atoms with Gasteiger partial charge in [0.2, 0.25) is 17.7 Å². The van der Waals surface area contributed by atoms with Gasteiger partial charge in [0.25, 0.3) is 0 Å². The molecule has 0 radical (unpaired) electrons. The molecule has 9 heteroatoms. The lowest BCUT2D eigenvalue weighted by atomic mass is 9.70. The summed E-state index contributed by atoms with van der Waals surface area (Å²) in [6.07, 6.45) is -0.155. The number of fused-ring (bicyclic) bond motifs is 1. The van der Waals surface area contributed by atoms with Gasteiger partial charge in [-0.15, -0.1) is 0 Å². The molecular formula is C29H34BrN3O5. The quantitative estimate of drug-likeness (QED) is 0.431. The maximum absolute atomic E-state index is 14.2. The number of nitrogens with one attached hydrogen (secondary N) is 2. The summed E-state index contributed by atoms with van der Waals surface area (Å²) in [5, 5.41) is 16.4. The van der Waals surface area contributed by atoms with E-state index in [1.54, 1.807) is 12.1 Å². The van der Waals surface area contributed by atoms with Crippen LogP contribution in [0.15, 0.2) is 48.5 Å². The Bertz CT molecular complexity index is 1230. The van der Waals surface area contributed by atoms with Crippen LogP contribution in [0.4, 0.5) is 11.4 Å². The Hall–Kier alpha value is -2.75. The van der Waals surface area contributed by atoms with E-state index in [1.165, 1.54) is 4.90 Å². The number of aryl methyl sites for hydroxylation is 2. The van der Waals surface area contributed by atoms with Crippen molar-refractivity contribution in [3.63, 3.8) is 0 Å². The third-order valence-corrected chi connectivity index (χ3v) is 9.21. The molecule has 3 aliphatic rings. The molecule has 2 bridgehead atoms. The lowest BCUT2D eigenvalue weighted by Crippen LogP contribution is -2.57. The number of aliphatic hydroxyl groups excluding tert-OH is 1. The molecule has 3 unspecified atom stereocenters. The summed E-state index contributed by atoms with van der Waals surface area (Å²) in [5.41, 5.74) is 1.93. The van der Waals surface area contributed by atoms with E-state index in [0.29, 0.717) is 17.8 Å². The van der Waals surface area contributed by atoms with Crippen molar-refractivity contribution in [3.8, 4) is 0 Å². The standard InChI is InChI=1S/C29H34BrN3O5/c1-15(2)20(14-34)33-25(27(36)32-23-16(3)9-8-10-17(23)4)29-13-19(30)24(38-29)21(22(29)28(33)37)26(35)31-18-11-6-5-7-12-18/h5-12,15,19-22,24-25,34H,13-14H2,1-4H3,(H,31,35)(H,32,36)/t19?,20-,21-,22-,24-,25?,29?/m0/s1. The number of likely N-dealkylation sites (tertiary alicyclic amines) is 1. The number of rotatable bonds is 7. The summed E-state index contributed by atoms with van der Waals surface area (Å²) in [6, 6.07) is 13.2. The van der Waals surface area contributed by atoms with Crippen molar-refractivity contribution in [1.29, 1.82) is 0 Å². The predicted octanol–water partition coefficient (Wildman–Crippen LogP) is 3.65. The highest BCUT2D eigenvalue weighted by molar-refractivity contribution is 9.09. The third-order valence-electron chi connectivity index (χ3n) is 8.36. The SMILES string of the molecule is Cc1cccc(C)c1NC(=O)C1N([C@@H](CO)C(C)C)C(=O)[C@@H]2[C@H](C(=O)Nc3ccccc3)[C@H]3OC12CC3Br. The third kappa shape index (κ3) is 4.15. The molecular weight excluding hydrogens is 550 g/mol. The number of carbonyl (C=O) groups excluding carboxylic acids is 3. The Balaban J connectivity index is 1.56. The second kappa shape index (κ2) is 10.1. The number of ether oxygens (including phenoxy) is 1. The molecule has 202 valence electrons. The maximum atomic E-state index is 14.2. The molecule has 7 atom stereocenters. The number of halogens is 1. The molecule has 3 amide bonds. The van der Waals surface area contributed by atoms with Gasteiger partial charge in [-0.1, -0.05) is 66.2 Å². The Labute approximate surface area is 231 Å². The lowest BCUT2D eigenvalue weighted by Gasteiger charge is -2.38. The van der Waals surface area contributed by atoms with Crippen LogP contribution < -0.4 is 10.6 Å². The van der Waals surface area contributed by atoms with Crippen molar-refractivity contribution in [2.75, 3.05) is 17.2 Å². The molecule has 3 N–H and O–H groups in total. The van der Waals surface area contributed by atoms with Crippen molar-refractivity contribution < 1.29 is 24.2 Å². The number of nitrogens with zero attached hydrogens (tertiary/aromatic N) is 1. The molecule has 5 rings (SSSR count). The Kier molecular flexibility index (Phi) is 7.13. The highest BCUT2D eigenvalue weighted by Crippen LogP contribution is 2.60. The van der Waals surface area contributed by atoms with Crippen molar-refractivity contribution in [2.45, 2.75) is 62.7 Å². The zero-order chi connectivity index (χ0) is 27.4. The van der Waals surface area contributed by atoms with E-state index in [9.17, 15) is 19.5 Å². The minimum atomic E-state index is -1.20. The van der Waals surface area contributed by atoms with Crippen molar-refractivity contribution in [3.05, 3.63) is 59.7 Å². The topological polar surface area (TPSA) is 108 Å². The average molecular weight is 585 g/mol. The van der Waals surface area contributed by atoms with Gasteiger partial charge < -0.3 is 25.4 Å². The molecule has 3 fully saturated rings. The molecule has 0 aromatic heterocycles. The lowest BCUT2D eigenvalue weighted by molar-refractivity contribution is -0.144. The summed E-state index contributed by atoms with van der Waals surface area (Å²) in [6.45, 7) is 7.35. The van der Waals surface area contributed by atoms with Crippen LogP contribution in [0.1, 0.15) is 31.4 Å². The fraction of sp³-hybridized carbons (Fsp3) is 0.483. The largest absolute Gasteiger partial charge is 0.394 e. The second-order valence-corrected chi connectivity index (χ2v) is 12.2. The van der Waals surface area contributed by atoms with Gasteiger partial charge in [0.15, 0.2) is 0 Å². The number of hydrogen-bond donors (Lipinski definition) is 3. The first-order chi connectivity index (χ1) is 18.1. The zero-order valence-electron chi connectivity index (χ0n) is 22.0. The number of carbonyl (C=O) groups is 3. The van der Waals surface area contributed by atoms with Crippen LogP contribution in [0, 0.1) is 31.6 Å². The first kappa shape index (κ1) is 26.8. The number of benzene rings is 2. The van der Waals surface area contributed by atoms with Crippen molar-refractivity contribution in [2.24, 2.45) is 17.8 Å². The van der Waals surface area contributed by atoms with Gasteiger partial charge in [0, 0.05) is 16.2 Å². The van der Waals surface area contributed by atoms with Crippen LogP contribution in [0.25, 0.3) is 0 Å². The van der Waals surface area contributed by atoms with Gasteiger partial charge in [-0.05, 0) is 49.4 Å². The molecule has 0 aliphatic carbocycles. The number of aliphatic hydroxyl groups is 1. The molecule has 38 heavy (non-hydrogen) atoms. The number of alkyl halides is 1. The summed E-state index contributed by atoms with van der Waals surface area (Å²) in [4.78, 5) is 43.3. The molecule has 3 aliphatic heterocycles.